The Labute approximate surface area is 237 Å². The van der Waals surface area contributed by atoms with Crippen molar-refractivity contribution in [2.75, 3.05) is 27.3 Å². The van der Waals surface area contributed by atoms with E-state index in [1.54, 1.807) is 20.8 Å². The maximum absolute atomic E-state index is 13.1. The third kappa shape index (κ3) is 7.96. The number of nitrogens with one attached hydrogen (secondary N) is 2. The Morgan fingerprint density at radius 2 is 1.54 bits per heavy atom. The Balaban J connectivity index is 1.70. The Kier molecular flexibility index (Phi) is 9.93. The van der Waals surface area contributed by atoms with Crippen molar-refractivity contribution in [3.8, 4) is 11.1 Å². The van der Waals surface area contributed by atoms with Gasteiger partial charge in [-0.05, 0) is 43.0 Å². The molecule has 0 aliphatic heterocycles. The molecule has 220 valence electrons. The Hall–Kier alpha value is -4.61. The van der Waals surface area contributed by atoms with Crippen LogP contribution in [-0.4, -0.2) is 85.0 Å². The molecule has 2 aromatic rings. The number of carbonyl (C=O) groups is 5. The summed E-state index contributed by atoms with van der Waals surface area (Å²) in [5, 5.41) is 14.1. The van der Waals surface area contributed by atoms with E-state index in [4.69, 9.17) is 14.2 Å². The van der Waals surface area contributed by atoms with E-state index in [1.807, 2.05) is 48.5 Å². The molecule has 12 heteroatoms. The molecule has 3 rings (SSSR count). The molecule has 2 unspecified atom stereocenters. The minimum atomic E-state index is -1.53. The highest BCUT2D eigenvalue weighted by Crippen LogP contribution is 2.44. The highest BCUT2D eigenvalue weighted by atomic mass is 16.6. The first-order valence-electron chi connectivity index (χ1n) is 13.0. The highest BCUT2D eigenvalue weighted by Gasteiger charge is 2.35. The summed E-state index contributed by atoms with van der Waals surface area (Å²) in [5.41, 5.74) is 3.25. The van der Waals surface area contributed by atoms with Crippen LogP contribution in [-0.2, 0) is 28.6 Å². The molecule has 0 saturated carbocycles. The first-order chi connectivity index (χ1) is 19.3. The van der Waals surface area contributed by atoms with E-state index in [2.05, 4.69) is 10.6 Å². The number of esters is 1. The number of rotatable bonds is 10. The maximum Gasteiger partial charge on any atom is 0.410 e. The number of likely N-dealkylation sites (N-methyl/N-ethyl adjacent to an activating group) is 1. The lowest BCUT2D eigenvalue weighted by molar-refractivity contribution is -0.146. The van der Waals surface area contributed by atoms with Crippen LogP contribution in [0.1, 0.15) is 44.2 Å². The van der Waals surface area contributed by atoms with E-state index in [1.165, 1.54) is 7.05 Å². The van der Waals surface area contributed by atoms with Crippen LogP contribution < -0.4 is 10.6 Å². The van der Waals surface area contributed by atoms with Gasteiger partial charge in [0.1, 0.15) is 24.3 Å². The van der Waals surface area contributed by atoms with Crippen molar-refractivity contribution in [2.45, 2.75) is 50.8 Å². The fraction of sp³-hybridized carbons (Fsp3) is 0.414. The van der Waals surface area contributed by atoms with E-state index < -0.39 is 60.7 Å². The number of aliphatic carboxylic acids is 1. The molecule has 3 amide bonds. The average molecular weight is 570 g/mol. The van der Waals surface area contributed by atoms with E-state index in [-0.39, 0.29) is 12.5 Å². The molecule has 41 heavy (non-hydrogen) atoms. The number of alkyl carbamates (subject to hydrolysis) is 1. The summed E-state index contributed by atoms with van der Waals surface area (Å²) in [5.74, 6) is -3.45. The fourth-order valence-corrected chi connectivity index (χ4v) is 4.50. The maximum atomic E-state index is 13.1. The summed E-state index contributed by atoms with van der Waals surface area (Å²) in [6.45, 7) is 4.52. The molecule has 1 aliphatic rings. The number of hydrogen-bond acceptors (Lipinski definition) is 8. The van der Waals surface area contributed by atoms with Crippen LogP contribution in [0.5, 0.6) is 0 Å². The van der Waals surface area contributed by atoms with E-state index in [9.17, 15) is 29.1 Å². The van der Waals surface area contributed by atoms with Gasteiger partial charge in [0.15, 0.2) is 0 Å². The van der Waals surface area contributed by atoms with Crippen LogP contribution in [0.15, 0.2) is 48.5 Å². The number of fused-ring (bicyclic) bond motifs is 3. The van der Waals surface area contributed by atoms with Gasteiger partial charge in [-0.1, -0.05) is 48.5 Å². The molecule has 0 saturated heterocycles. The molecule has 0 fully saturated rings. The summed E-state index contributed by atoms with van der Waals surface area (Å²) in [7, 11) is 2.32. The summed E-state index contributed by atoms with van der Waals surface area (Å²) in [4.78, 5) is 63.0. The Morgan fingerprint density at radius 3 is 2.05 bits per heavy atom. The number of benzene rings is 2. The second-order valence-electron chi connectivity index (χ2n) is 10.5. The molecule has 0 heterocycles. The smallest absolute Gasteiger partial charge is 0.410 e. The fourth-order valence-electron chi connectivity index (χ4n) is 4.50. The molecule has 12 nitrogen and oxygen atoms in total. The lowest BCUT2D eigenvalue weighted by atomic mass is 9.98. The van der Waals surface area contributed by atoms with Gasteiger partial charge in [0.05, 0.1) is 20.1 Å². The second kappa shape index (κ2) is 13.2. The largest absolute Gasteiger partial charge is 0.481 e. The van der Waals surface area contributed by atoms with Gasteiger partial charge in [0.25, 0.3) is 0 Å². The molecule has 0 bridgehead atoms. The van der Waals surface area contributed by atoms with Gasteiger partial charge in [-0.3, -0.25) is 14.5 Å². The number of methoxy groups -OCH3 is 1. The van der Waals surface area contributed by atoms with Crippen LogP contribution in [0, 0.1) is 0 Å². The molecule has 0 spiro atoms. The summed E-state index contributed by atoms with van der Waals surface area (Å²) in [6.07, 6.45) is -2.52. The lowest BCUT2D eigenvalue weighted by Crippen LogP contribution is -2.56. The SMILES string of the molecule is COC(=O)C(CNC(=O)OC(C)(C)C)NC(=O)C(CC(=O)O)N(C)C(=O)OCC1c2ccccc2-c2ccccc21. The van der Waals surface area contributed by atoms with Crippen LogP contribution in [0.4, 0.5) is 9.59 Å². The topological polar surface area (TPSA) is 161 Å². The van der Waals surface area contributed by atoms with Crippen LogP contribution in [0.25, 0.3) is 11.1 Å². The van der Waals surface area contributed by atoms with Gasteiger partial charge in [-0.15, -0.1) is 0 Å². The van der Waals surface area contributed by atoms with Gasteiger partial charge >= 0.3 is 24.1 Å². The summed E-state index contributed by atoms with van der Waals surface area (Å²) in [6, 6.07) is 12.6. The minimum Gasteiger partial charge on any atom is -0.481 e. The van der Waals surface area contributed by atoms with Gasteiger partial charge in [-0.2, -0.15) is 0 Å². The second-order valence-corrected chi connectivity index (χ2v) is 10.5. The molecule has 1 aliphatic carbocycles. The molecular formula is C29H35N3O9. The first-order valence-corrected chi connectivity index (χ1v) is 13.0. The van der Waals surface area contributed by atoms with Crippen molar-refractivity contribution < 1.29 is 43.3 Å². The number of hydrogen-bond donors (Lipinski definition) is 3. The molecule has 2 atom stereocenters. The van der Waals surface area contributed by atoms with Crippen molar-refractivity contribution in [3.05, 3.63) is 59.7 Å². The standard InChI is InChI=1S/C29H35N3O9/c1-29(2,3)41-27(37)30-15-22(26(36)39-5)31-25(35)23(14-24(33)34)32(4)28(38)40-16-21-19-12-8-6-10-17(19)18-11-7-9-13-20(18)21/h6-13,21-23H,14-16H2,1-5H3,(H,30,37)(H,31,35)(H,33,34). The lowest BCUT2D eigenvalue weighted by Gasteiger charge is -2.28. The van der Waals surface area contributed by atoms with E-state index in [0.29, 0.717) is 0 Å². The average Bonchev–Trinajstić information content (AvgIpc) is 3.24. The normalized spacial score (nSPS) is 13.6. The van der Waals surface area contributed by atoms with Crippen LogP contribution >= 0.6 is 0 Å². The van der Waals surface area contributed by atoms with Crippen molar-refractivity contribution in [1.82, 2.24) is 15.5 Å². The van der Waals surface area contributed by atoms with Crippen molar-refractivity contribution in [1.29, 1.82) is 0 Å². The number of ether oxygens (including phenoxy) is 3. The van der Waals surface area contributed by atoms with Gasteiger partial charge < -0.3 is 30.0 Å². The van der Waals surface area contributed by atoms with Crippen LogP contribution in [0.2, 0.25) is 0 Å². The molecule has 3 N–H and O–H groups in total. The summed E-state index contributed by atoms with van der Waals surface area (Å²) >= 11 is 0. The van der Waals surface area contributed by atoms with Gasteiger partial charge in [-0.25, -0.2) is 14.4 Å². The number of carbonyl (C=O) groups excluding carboxylic acids is 4. The minimum absolute atomic E-state index is 0.0385. The molecule has 2 aromatic carbocycles. The van der Waals surface area contributed by atoms with E-state index in [0.717, 1.165) is 34.3 Å². The zero-order valence-electron chi connectivity index (χ0n) is 23.6. The quantitative estimate of drug-likeness (QED) is 0.289. The first kappa shape index (κ1) is 30.9. The third-order valence-corrected chi connectivity index (χ3v) is 6.41. The van der Waals surface area contributed by atoms with Crippen molar-refractivity contribution >= 4 is 30.0 Å². The van der Waals surface area contributed by atoms with Gasteiger partial charge in [0, 0.05) is 13.0 Å². The third-order valence-electron chi connectivity index (χ3n) is 6.41. The zero-order chi connectivity index (χ0) is 30.3. The predicted molar refractivity (Wildman–Crippen MR) is 147 cm³/mol. The van der Waals surface area contributed by atoms with E-state index >= 15 is 0 Å². The van der Waals surface area contributed by atoms with Crippen LogP contribution in [0.3, 0.4) is 0 Å². The van der Waals surface area contributed by atoms with Crippen molar-refractivity contribution in [2.24, 2.45) is 0 Å². The zero-order valence-corrected chi connectivity index (χ0v) is 23.6. The Morgan fingerprint density at radius 1 is 0.976 bits per heavy atom. The highest BCUT2D eigenvalue weighted by molar-refractivity contribution is 5.92. The van der Waals surface area contributed by atoms with Gasteiger partial charge in [0.2, 0.25) is 5.91 Å². The number of carboxylic acids is 1. The Bertz CT molecular complexity index is 1260. The number of carboxylic acid groups (broad SMARTS) is 1. The number of nitrogens with zero attached hydrogens (tertiary/aromatic N) is 1. The predicted octanol–water partition coefficient (Wildman–Crippen LogP) is 2.89. The molecule has 0 aromatic heterocycles. The summed E-state index contributed by atoms with van der Waals surface area (Å²) < 4.78 is 15.4. The van der Waals surface area contributed by atoms with Crippen molar-refractivity contribution in [3.63, 3.8) is 0 Å². The molecular weight excluding hydrogens is 534 g/mol. The molecule has 0 radical (unpaired) electrons. The number of amides is 3. The monoisotopic (exact) mass is 569 g/mol.